The summed E-state index contributed by atoms with van der Waals surface area (Å²) in [6.45, 7) is 4.64. The summed E-state index contributed by atoms with van der Waals surface area (Å²) >= 11 is 0. The Kier molecular flexibility index (Phi) is 9.29. The van der Waals surface area contributed by atoms with E-state index >= 15 is 0 Å². The van der Waals surface area contributed by atoms with Crippen molar-refractivity contribution in [1.82, 2.24) is 0 Å². The summed E-state index contributed by atoms with van der Waals surface area (Å²) in [5.74, 6) is 0.224. The van der Waals surface area contributed by atoms with Gasteiger partial charge in [0.05, 0.1) is 19.1 Å². The summed E-state index contributed by atoms with van der Waals surface area (Å²) in [5, 5.41) is 0. The minimum atomic E-state index is -0.993. The molecule has 35 heavy (non-hydrogen) atoms. The number of fused-ring (bicyclic) bond motifs is 1. The minimum absolute atomic E-state index is 0.0286. The molecule has 3 fully saturated rings. The second-order valence-electron chi connectivity index (χ2n) is 11.0. The predicted octanol–water partition coefficient (Wildman–Crippen LogP) is 7.48. The number of carbonyl (C=O) groups is 1. The van der Waals surface area contributed by atoms with Crippen LogP contribution in [0, 0.1) is 41.2 Å². The molecule has 0 bridgehead atoms. The monoisotopic (exact) mass is 492 g/mol. The Hall–Kier alpha value is -1.85. The summed E-state index contributed by atoms with van der Waals surface area (Å²) in [7, 11) is 0. The lowest BCUT2D eigenvalue weighted by atomic mass is 9.65. The fraction of sp³-hybridized carbons (Fsp3) is 0.759. The van der Waals surface area contributed by atoms with E-state index in [0.717, 1.165) is 57.3 Å². The van der Waals surface area contributed by atoms with Crippen molar-refractivity contribution in [3.8, 4) is 11.5 Å². The molecule has 0 radical (unpaired) electrons. The summed E-state index contributed by atoms with van der Waals surface area (Å²) in [4.78, 5) is 12.9. The molecular weight excluding hydrogens is 450 g/mol. The van der Waals surface area contributed by atoms with Gasteiger partial charge in [0, 0.05) is 0 Å². The molecule has 0 aliphatic heterocycles. The standard InChI is InChI=1S/C29H42F2O4/c1-3-5-19-7-12-24(13-8-19)35-29(32)23-11-10-21-16-20(6-9-22(21)17-23)18-34-26-15-14-25(33-4-2)27(30)28(26)31/h14-15,19-24H,3-13,16-18H2,1-2H3/t19?,20?,21?,22?,23-,24?/m0/s1. The Balaban J connectivity index is 1.20. The summed E-state index contributed by atoms with van der Waals surface area (Å²) in [5.41, 5.74) is 0. The molecule has 0 amide bonds. The molecular formula is C29H42F2O4. The highest BCUT2D eigenvalue weighted by Gasteiger charge is 2.39. The van der Waals surface area contributed by atoms with Gasteiger partial charge in [-0.1, -0.05) is 19.8 Å². The number of hydrogen-bond donors (Lipinski definition) is 0. The average Bonchev–Trinajstić information content (AvgIpc) is 2.87. The summed E-state index contributed by atoms with van der Waals surface area (Å²) in [6, 6.07) is 2.87. The highest BCUT2D eigenvalue weighted by atomic mass is 19.2. The van der Waals surface area contributed by atoms with Gasteiger partial charge in [0.15, 0.2) is 11.5 Å². The van der Waals surface area contributed by atoms with Crippen molar-refractivity contribution >= 4 is 5.97 Å². The molecule has 3 saturated carbocycles. The Morgan fingerprint density at radius 2 is 1.46 bits per heavy atom. The number of carbonyl (C=O) groups excluding carboxylic acids is 1. The van der Waals surface area contributed by atoms with Crippen LogP contribution in [0.1, 0.15) is 90.9 Å². The van der Waals surface area contributed by atoms with Gasteiger partial charge in [-0.15, -0.1) is 0 Å². The van der Waals surface area contributed by atoms with Crippen molar-refractivity contribution < 1.29 is 27.8 Å². The maximum atomic E-state index is 14.3. The molecule has 0 saturated heterocycles. The van der Waals surface area contributed by atoms with Gasteiger partial charge in [0.25, 0.3) is 0 Å². The lowest BCUT2D eigenvalue weighted by molar-refractivity contribution is -0.158. The van der Waals surface area contributed by atoms with Crippen LogP contribution >= 0.6 is 0 Å². The first-order valence-corrected chi connectivity index (χ1v) is 13.9. The van der Waals surface area contributed by atoms with Crippen LogP contribution in [-0.4, -0.2) is 25.3 Å². The first-order chi connectivity index (χ1) is 17.0. The van der Waals surface area contributed by atoms with Crippen molar-refractivity contribution in [2.24, 2.45) is 29.6 Å². The van der Waals surface area contributed by atoms with E-state index in [1.54, 1.807) is 6.92 Å². The van der Waals surface area contributed by atoms with Crippen LogP contribution in [0.3, 0.4) is 0 Å². The summed E-state index contributed by atoms with van der Waals surface area (Å²) in [6.07, 6.45) is 13.0. The van der Waals surface area contributed by atoms with Crippen molar-refractivity contribution in [2.45, 2.75) is 97.0 Å². The number of halogens is 2. The van der Waals surface area contributed by atoms with Crippen LogP contribution in [0.5, 0.6) is 11.5 Å². The van der Waals surface area contributed by atoms with Crippen LogP contribution in [0.2, 0.25) is 0 Å². The van der Waals surface area contributed by atoms with E-state index in [9.17, 15) is 13.6 Å². The van der Waals surface area contributed by atoms with Crippen LogP contribution < -0.4 is 9.47 Å². The molecule has 3 aliphatic carbocycles. The Bertz CT molecular complexity index is 836. The van der Waals surface area contributed by atoms with Gasteiger partial charge in [-0.3, -0.25) is 4.79 Å². The van der Waals surface area contributed by atoms with Crippen LogP contribution in [-0.2, 0) is 9.53 Å². The third-order valence-electron chi connectivity index (χ3n) is 8.61. The molecule has 3 aliphatic rings. The quantitative estimate of drug-likeness (QED) is 0.335. The van der Waals surface area contributed by atoms with Crippen LogP contribution in [0.15, 0.2) is 12.1 Å². The zero-order valence-corrected chi connectivity index (χ0v) is 21.4. The first-order valence-electron chi connectivity index (χ1n) is 13.9. The van der Waals surface area contributed by atoms with E-state index in [2.05, 4.69) is 6.92 Å². The van der Waals surface area contributed by atoms with E-state index in [0.29, 0.717) is 24.4 Å². The van der Waals surface area contributed by atoms with E-state index < -0.39 is 11.6 Å². The zero-order chi connectivity index (χ0) is 24.8. The number of esters is 1. The molecule has 6 heteroatoms. The van der Waals surface area contributed by atoms with Crippen molar-refractivity contribution in [3.63, 3.8) is 0 Å². The van der Waals surface area contributed by atoms with Gasteiger partial charge in [0.1, 0.15) is 6.10 Å². The molecule has 0 N–H and O–H groups in total. The lowest BCUT2D eigenvalue weighted by Crippen LogP contribution is -2.36. The predicted molar refractivity (Wildman–Crippen MR) is 131 cm³/mol. The van der Waals surface area contributed by atoms with Crippen molar-refractivity contribution in [2.75, 3.05) is 13.2 Å². The molecule has 3 unspecified atom stereocenters. The number of benzene rings is 1. The smallest absolute Gasteiger partial charge is 0.309 e. The van der Waals surface area contributed by atoms with Crippen molar-refractivity contribution in [3.05, 3.63) is 23.8 Å². The van der Waals surface area contributed by atoms with Gasteiger partial charge < -0.3 is 14.2 Å². The second-order valence-corrected chi connectivity index (χ2v) is 11.0. The SMILES string of the molecule is CCCC1CCC(OC(=O)[C@H]2CCC3CC(COc4ccc(OCC)c(F)c4F)CCC3C2)CC1. The zero-order valence-electron chi connectivity index (χ0n) is 21.4. The maximum absolute atomic E-state index is 14.3. The fourth-order valence-electron chi connectivity index (χ4n) is 6.66. The molecule has 1 aromatic carbocycles. The molecule has 196 valence electrons. The number of ether oxygens (including phenoxy) is 3. The van der Waals surface area contributed by atoms with Gasteiger partial charge in [0.2, 0.25) is 11.6 Å². The van der Waals surface area contributed by atoms with Crippen LogP contribution in [0.25, 0.3) is 0 Å². The van der Waals surface area contributed by atoms with E-state index in [4.69, 9.17) is 14.2 Å². The highest BCUT2D eigenvalue weighted by molar-refractivity contribution is 5.72. The van der Waals surface area contributed by atoms with Gasteiger partial charge in [-0.05, 0) is 107 Å². The summed E-state index contributed by atoms with van der Waals surface area (Å²) < 4.78 is 45.2. The van der Waals surface area contributed by atoms with Crippen molar-refractivity contribution in [1.29, 1.82) is 0 Å². The van der Waals surface area contributed by atoms with E-state index in [-0.39, 0.29) is 36.1 Å². The average molecular weight is 493 g/mol. The normalized spacial score (nSPS) is 30.9. The fourth-order valence-corrected chi connectivity index (χ4v) is 6.66. The largest absolute Gasteiger partial charge is 0.491 e. The Labute approximate surface area is 209 Å². The minimum Gasteiger partial charge on any atom is -0.491 e. The number of hydrogen-bond acceptors (Lipinski definition) is 4. The Morgan fingerprint density at radius 1 is 0.829 bits per heavy atom. The molecule has 4 atom stereocenters. The first kappa shape index (κ1) is 26.2. The lowest BCUT2D eigenvalue weighted by Gasteiger charge is -2.41. The topological polar surface area (TPSA) is 44.8 Å². The third kappa shape index (κ3) is 6.68. The van der Waals surface area contributed by atoms with Gasteiger partial charge >= 0.3 is 5.97 Å². The molecule has 4 rings (SSSR count). The Morgan fingerprint density at radius 3 is 2.14 bits per heavy atom. The molecule has 1 aromatic rings. The molecule has 0 spiro atoms. The molecule has 0 aromatic heterocycles. The van der Waals surface area contributed by atoms with E-state index in [1.807, 2.05) is 0 Å². The molecule has 4 nitrogen and oxygen atoms in total. The van der Waals surface area contributed by atoms with E-state index in [1.165, 1.54) is 37.8 Å². The maximum Gasteiger partial charge on any atom is 0.309 e. The third-order valence-corrected chi connectivity index (χ3v) is 8.61. The number of rotatable bonds is 9. The second kappa shape index (κ2) is 12.4. The van der Waals surface area contributed by atoms with Gasteiger partial charge in [-0.25, -0.2) is 0 Å². The van der Waals surface area contributed by atoms with Crippen LogP contribution in [0.4, 0.5) is 8.78 Å². The van der Waals surface area contributed by atoms with Gasteiger partial charge in [-0.2, -0.15) is 8.78 Å². The molecule has 0 heterocycles. The highest BCUT2D eigenvalue weighted by Crippen LogP contribution is 2.45.